The third-order valence-electron chi connectivity index (χ3n) is 4.29. The van der Waals surface area contributed by atoms with Gasteiger partial charge < -0.3 is 14.7 Å². The fourth-order valence-electron chi connectivity index (χ4n) is 2.94. The van der Waals surface area contributed by atoms with E-state index in [1.165, 1.54) is 0 Å². The molecule has 0 atom stereocenters. The lowest BCUT2D eigenvalue weighted by atomic mass is 10.1. The Labute approximate surface area is 148 Å². The van der Waals surface area contributed by atoms with E-state index in [0.29, 0.717) is 11.0 Å². The maximum absolute atomic E-state index is 11.8. The molecule has 0 radical (unpaired) electrons. The van der Waals surface area contributed by atoms with Gasteiger partial charge in [-0.05, 0) is 36.8 Å². The first-order valence-electron chi connectivity index (χ1n) is 7.98. The number of nitrogens with zero attached hydrogens (tertiary/aromatic N) is 3. The van der Waals surface area contributed by atoms with Crippen LogP contribution in [-0.2, 0) is 0 Å². The van der Waals surface area contributed by atoms with Crippen LogP contribution in [-0.4, -0.2) is 19.6 Å². The number of nitriles is 1. The summed E-state index contributed by atoms with van der Waals surface area (Å²) in [5.41, 5.74) is 3.70. The maximum Gasteiger partial charge on any atom is 0.270 e. The number of nitrogens with one attached hydrogen (secondary N) is 1. The van der Waals surface area contributed by atoms with E-state index in [4.69, 9.17) is 5.26 Å². The van der Waals surface area contributed by atoms with Crippen molar-refractivity contribution in [2.45, 2.75) is 6.92 Å². The van der Waals surface area contributed by atoms with E-state index in [1.807, 2.05) is 49.5 Å². The number of benzene rings is 1. The minimum Gasteiger partial charge on any atom is -0.504 e. The van der Waals surface area contributed by atoms with Crippen molar-refractivity contribution < 1.29 is 5.11 Å². The van der Waals surface area contributed by atoms with Crippen molar-refractivity contribution >= 4 is 11.0 Å². The molecule has 0 aliphatic carbocycles. The Hall–Kier alpha value is -3.85. The van der Waals surface area contributed by atoms with Crippen molar-refractivity contribution in [3.63, 3.8) is 0 Å². The Morgan fingerprint density at radius 2 is 1.92 bits per heavy atom. The van der Waals surface area contributed by atoms with Crippen molar-refractivity contribution in [2.75, 3.05) is 0 Å². The van der Waals surface area contributed by atoms with E-state index < -0.39 is 5.56 Å². The van der Waals surface area contributed by atoms with Crippen LogP contribution in [0.4, 0.5) is 0 Å². The minimum absolute atomic E-state index is 0.294. The van der Waals surface area contributed by atoms with Gasteiger partial charge in [0.15, 0.2) is 11.3 Å². The Morgan fingerprint density at radius 1 is 1.15 bits per heavy atom. The molecule has 4 aromatic rings. The number of H-pyrrole nitrogens is 1. The summed E-state index contributed by atoms with van der Waals surface area (Å²) in [5.74, 6) is -0.319. The summed E-state index contributed by atoms with van der Waals surface area (Å²) in [7, 11) is 0. The summed E-state index contributed by atoms with van der Waals surface area (Å²) >= 11 is 0. The van der Waals surface area contributed by atoms with E-state index in [-0.39, 0.29) is 11.3 Å². The van der Waals surface area contributed by atoms with Crippen molar-refractivity contribution in [2.24, 2.45) is 0 Å². The molecule has 0 saturated carbocycles. The van der Waals surface area contributed by atoms with Crippen LogP contribution in [0.2, 0.25) is 0 Å². The van der Waals surface area contributed by atoms with Crippen LogP contribution in [0.5, 0.6) is 5.75 Å². The van der Waals surface area contributed by atoms with Crippen molar-refractivity contribution in [1.29, 1.82) is 5.26 Å². The molecular formula is C20H14N4O2. The molecular weight excluding hydrogens is 328 g/mol. The normalized spacial score (nSPS) is 10.8. The predicted molar refractivity (Wildman–Crippen MR) is 98.2 cm³/mol. The fraction of sp³-hybridized carbons (Fsp3) is 0.0500. The number of aromatic hydroxyl groups is 1. The molecule has 6 nitrogen and oxygen atoms in total. The number of aromatic amines is 1. The van der Waals surface area contributed by atoms with E-state index >= 15 is 0 Å². The number of fused-ring (bicyclic) bond motifs is 1. The van der Waals surface area contributed by atoms with Crippen molar-refractivity contribution in [3.05, 3.63) is 76.3 Å². The highest BCUT2D eigenvalue weighted by Gasteiger charge is 2.15. The SMILES string of the molecule is Cc1ccc(-c2ccc(-n3ccc4[nH]c(=O)c(C#N)c(O)c43)cc2)nc1. The summed E-state index contributed by atoms with van der Waals surface area (Å²) in [4.78, 5) is 18.8. The average Bonchev–Trinajstić information content (AvgIpc) is 3.07. The largest absolute Gasteiger partial charge is 0.504 e. The Kier molecular flexibility index (Phi) is 3.55. The number of aryl methyl sites for hydroxylation is 1. The van der Waals surface area contributed by atoms with Crippen molar-refractivity contribution in [1.82, 2.24) is 14.5 Å². The summed E-state index contributed by atoms with van der Waals surface area (Å²) < 4.78 is 1.73. The van der Waals surface area contributed by atoms with Gasteiger partial charge in [-0.1, -0.05) is 18.2 Å². The van der Waals surface area contributed by atoms with Gasteiger partial charge in [-0.25, -0.2) is 0 Å². The molecule has 2 N–H and O–H groups in total. The monoisotopic (exact) mass is 342 g/mol. The first kappa shape index (κ1) is 15.7. The third-order valence-corrected chi connectivity index (χ3v) is 4.29. The number of pyridine rings is 2. The molecule has 0 spiro atoms. The lowest BCUT2D eigenvalue weighted by Crippen LogP contribution is -2.10. The molecule has 3 heterocycles. The molecule has 1 aromatic carbocycles. The Balaban J connectivity index is 1.82. The highest BCUT2D eigenvalue weighted by Crippen LogP contribution is 2.29. The molecule has 6 heteroatoms. The Morgan fingerprint density at radius 3 is 2.58 bits per heavy atom. The topological polar surface area (TPSA) is 94.7 Å². The molecule has 0 saturated heterocycles. The van der Waals surface area contributed by atoms with Gasteiger partial charge >= 0.3 is 0 Å². The van der Waals surface area contributed by atoms with E-state index in [0.717, 1.165) is 22.5 Å². The molecule has 0 unspecified atom stereocenters. The van der Waals surface area contributed by atoms with Gasteiger partial charge in [0.05, 0.1) is 11.2 Å². The molecule has 26 heavy (non-hydrogen) atoms. The lowest BCUT2D eigenvalue weighted by molar-refractivity contribution is 0.476. The second-order valence-electron chi connectivity index (χ2n) is 6.01. The molecule has 0 bridgehead atoms. The zero-order valence-corrected chi connectivity index (χ0v) is 13.9. The van der Waals surface area contributed by atoms with Gasteiger partial charge in [0.25, 0.3) is 5.56 Å². The fourth-order valence-corrected chi connectivity index (χ4v) is 2.94. The first-order chi connectivity index (χ1) is 12.6. The predicted octanol–water partition coefficient (Wildman–Crippen LogP) is 3.27. The average molecular weight is 342 g/mol. The van der Waals surface area contributed by atoms with Gasteiger partial charge in [0, 0.05) is 23.6 Å². The van der Waals surface area contributed by atoms with Gasteiger partial charge in [0.2, 0.25) is 0 Å². The van der Waals surface area contributed by atoms with Gasteiger partial charge in [-0.15, -0.1) is 0 Å². The minimum atomic E-state index is -0.601. The van der Waals surface area contributed by atoms with E-state index in [2.05, 4.69) is 9.97 Å². The van der Waals surface area contributed by atoms with Crippen LogP contribution in [0.1, 0.15) is 11.1 Å². The molecule has 0 aliphatic heterocycles. The summed E-state index contributed by atoms with van der Waals surface area (Å²) in [5, 5.41) is 19.4. The highest BCUT2D eigenvalue weighted by atomic mass is 16.3. The quantitative estimate of drug-likeness (QED) is 0.584. The number of rotatable bonds is 2. The van der Waals surface area contributed by atoms with Crippen LogP contribution in [0.3, 0.4) is 0 Å². The summed E-state index contributed by atoms with van der Waals surface area (Å²) in [6.07, 6.45) is 3.56. The van der Waals surface area contributed by atoms with Crippen LogP contribution in [0.15, 0.2) is 59.7 Å². The summed E-state index contributed by atoms with van der Waals surface area (Å²) in [6, 6.07) is 15.1. The van der Waals surface area contributed by atoms with Gasteiger partial charge in [0.1, 0.15) is 11.6 Å². The van der Waals surface area contributed by atoms with Crippen LogP contribution in [0, 0.1) is 18.3 Å². The lowest BCUT2D eigenvalue weighted by Gasteiger charge is -2.09. The van der Waals surface area contributed by atoms with Gasteiger partial charge in [-0.3, -0.25) is 9.78 Å². The smallest absolute Gasteiger partial charge is 0.270 e. The molecule has 0 amide bonds. The maximum atomic E-state index is 11.8. The molecule has 0 fully saturated rings. The Bertz CT molecular complexity index is 1210. The third kappa shape index (κ3) is 2.43. The highest BCUT2D eigenvalue weighted by molar-refractivity contribution is 5.86. The second-order valence-corrected chi connectivity index (χ2v) is 6.01. The summed E-state index contributed by atoms with van der Waals surface area (Å²) in [6.45, 7) is 1.99. The molecule has 4 rings (SSSR count). The molecule has 126 valence electrons. The van der Waals surface area contributed by atoms with E-state index in [1.54, 1.807) is 22.9 Å². The van der Waals surface area contributed by atoms with Crippen LogP contribution in [0.25, 0.3) is 28.0 Å². The second kappa shape index (κ2) is 5.90. The molecule has 3 aromatic heterocycles. The van der Waals surface area contributed by atoms with Crippen molar-refractivity contribution in [3.8, 4) is 28.8 Å². The van der Waals surface area contributed by atoms with Crippen LogP contribution >= 0.6 is 0 Å². The standard InChI is InChI=1S/C20H14N4O2/c1-12-2-7-16(22-11-12)13-3-5-14(6-4-13)24-9-8-17-18(24)19(25)15(10-21)20(26)23-17/h2-9,11H,1H3,(H2,23,25,26). The molecule has 0 aliphatic rings. The van der Waals surface area contributed by atoms with Gasteiger partial charge in [-0.2, -0.15) is 5.26 Å². The number of aromatic nitrogens is 3. The zero-order chi connectivity index (χ0) is 18.3. The van der Waals surface area contributed by atoms with E-state index in [9.17, 15) is 9.90 Å². The van der Waals surface area contributed by atoms with Crippen LogP contribution < -0.4 is 5.56 Å². The zero-order valence-electron chi connectivity index (χ0n) is 13.9. The first-order valence-corrected chi connectivity index (χ1v) is 7.98. The number of hydrogen-bond acceptors (Lipinski definition) is 4. The number of hydrogen-bond donors (Lipinski definition) is 2.